The number of benzene rings is 1. The van der Waals surface area contributed by atoms with Crippen molar-refractivity contribution in [2.45, 2.75) is 18.8 Å². The summed E-state index contributed by atoms with van der Waals surface area (Å²) in [7, 11) is 1.92. The van der Waals surface area contributed by atoms with Gasteiger partial charge in [0, 0.05) is 26.1 Å². The van der Waals surface area contributed by atoms with Crippen molar-refractivity contribution in [3.05, 3.63) is 30.2 Å². The molecule has 0 atom stereocenters. The summed E-state index contributed by atoms with van der Waals surface area (Å²) in [6.45, 7) is 0.980. The van der Waals surface area contributed by atoms with Crippen LogP contribution in [-0.2, 0) is 7.05 Å². The summed E-state index contributed by atoms with van der Waals surface area (Å²) in [4.78, 5) is 21.5. The van der Waals surface area contributed by atoms with Gasteiger partial charge in [0.1, 0.15) is 0 Å². The van der Waals surface area contributed by atoms with Crippen molar-refractivity contribution in [3.63, 3.8) is 0 Å². The van der Waals surface area contributed by atoms with Crippen molar-refractivity contribution in [1.82, 2.24) is 24.6 Å². The molecule has 8 heteroatoms. The second kappa shape index (κ2) is 5.63. The van der Waals surface area contributed by atoms with Crippen molar-refractivity contribution in [2.24, 2.45) is 7.05 Å². The van der Waals surface area contributed by atoms with Crippen LogP contribution in [0.15, 0.2) is 28.8 Å². The molecule has 0 aliphatic carbocycles. The van der Waals surface area contributed by atoms with Crippen molar-refractivity contribution >= 4 is 17.1 Å². The van der Waals surface area contributed by atoms with Crippen molar-refractivity contribution in [1.29, 1.82) is 0 Å². The largest absolute Gasteiger partial charge is 0.465 e. The van der Waals surface area contributed by atoms with E-state index in [0.29, 0.717) is 43.5 Å². The number of aryl methyl sites for hydroxylation is 1. The average molecular weight is 327 g/mol. The highest BCUT2D eigenvalue weighted by Crippen LogP contribution is 2.29. The van der Waals surface area contributed by atoms with Gasteiger partial charge in [-0.1, -0.05) is 17.3 Å². The van der Waals surface area contributed by atoms with Gasteiger partial charge in [0.15, 0.2) is 5.82 Å². The monoisotopic (exact) mass is 327 g/mol. The van der Waals surface area contributed by atoms with Gasteiger partial charge in [0.05, 0.1) is 11.0 Å². The first kappa shape index (κ1) is 14.7. The third-order valence-electron chi connectivity index (χ3n) is 4.54. The number of rotatable bonds is 2. The lowest BCUT2D eigenvalue weighted by atomic mass is 9.97. The fourth-order valence-corrected chi connectivity index (χ4v) is 3.16. The Morgan fingerprint density at radius 3 is 2.71 bits per heavy atom. The molecule has 1 N–H and O–H groups in total. The molecule has 1 aliphatic rings. The van der Waals surface area contributed by atoms with Gasteiger partial charge in [0.2, 0.25) is 11.7 Å². The molecule has 1 amide bonds. The molecule has 0 radical (unpaired) electrons. The van der Waals surface area contributed by atoms with E-state index < -0.39 is 6.09 Å². The number of hydrogen-bond donors (Lipinski definition) is 1. The minimum Gasteiger partial charge on any atom is -0.465 e. The number of nitrogens with zero attached hydrogens (tertiary/aromatic N) is 5. The maximum Gasteiger partial charge on any atom is 0.407 e. The lowest BCUT2D eigenvalue weighted by Crippen LogP contribution is -2.36. The summed E-state index contributed by atoms with van der Waals surface area (Å²) in [5.41, 5.74) is 1.89. The van der Waals surface area contributed by atoms with Gasteiger partial charge in [-0.2, -0.15) is 4.98 Å². The minimum absolute atomic E-state index is 0.0940. The van der Waals surface area contributed by atoms with Crippen LogP contribution in [0.4, 0.5) is 4.79 Å². The van der Waals surface area contributed by atoms with E-state index in [-0.39, 0.29) is 5.92 Å². The zero-order valence-electron chi connectivity index (χ0n) is 13.2. The first-order valence-corrected chi connectivity index (χ1v) is 7.87. The van der Waals surface area contributed by atoms with E-state index >= 15 is 0 Å². The highest BCUT2D eigenvalue weighted by Gasteiger charge is 2.28. The molecule has 2 aromatic heterocycles. The van der Waals surface area contributed by atoms with E-state index in [9.17, 15) is 4.79 Å². The zero-order chi connectivity index (χ0) is 16.7. The standard InChI is InChI=1S/C16H17N5O3/c1-20-12-5-3-2-4-11(12)17-14(20)13-18-15(24-19-13)10-6-8-21(9-7-10)16(22)23/h2-5,10H,6-9H2,1H3,(H,22,23). The summed E-state index contributed by atoms with van der Waals surface area (Å²) in [5, 5.41) is 13.1. The van der Waals surface area contributed by atoms with E-state index in [4.69, 9.17) is 9.63 Å². The number of carbonyl (C=O) groups is 1. The Morgan fingerprint density at radius 2 is 2.00 bits per heavy atom. The van der Waals surface area contributed by atoms with E-state index in [1.165, 1.54) is 4.90 Å². The summed E-state index contributed by atoms with van der Waals surface area (Å²) < 4.78 is 7.37. The Bertz CT molecular complexity index is 892. The molecule has 0 unspecified atom stereocenters. The Hall–Kier alpha value is -2.90. The van der Waals surface area contributed by atoms with Crippen LogP contribution in [0.3, 0.4) is 0 Å². The van der Waals surface area contributed by atoms with Crippen LogP contribution >= 0.6 is 0 Å². The Morgan fingerprint density at radius 1 is 1.25 bits per heavy atom. The molecule has 8 nitrogen and oxygen atoms in total. The first-order chi connectivity index (χ1) is 11.6. The van der Waals surface area contributed by atoms with E-state index in [1.807, 2.05) is 35.9 Å². The molecule has 1 fully saturated rings. The second-order valence-corrected chi connectivity index (χ2v) is 5.98. The molecule has 1 aromatic carbocycles. The number of imidazole rings is 1. The van der Waals surface area contributed by atoms with Crippen LogP contribution in [0, 0.1) is 0 Å². The Labute approximate surface area is 137 Å². The highest BCUT2D eigenvalue weighted by atomic mass is 16.5. The fourth-order valence-electron chi connectivity index (χ4n) is 3.16. The van der Waals surface area contributed by atoms with Crippen LogP contribution in [0.1, 0.15) is 24.7 Å². The van der Waals surface area contributed by atoms with Crippen molar-refractivity contribution in [3.8, 4) is 11.6 Å². The number of aromatic nitrogens is 4. The number of amides is 1. The second-order valence-electron chi connectivity index (χ2n) is 5.98. The molecule has 1 saturated heterocycles. The van der Waals surface area contributed by atoms with Crippen LogP contribution in [0.5, 0.6) is 0 Å². The number of likely N-dealkylation sites (tertiary alicyclic amines) is 1. The summed E-state index contributed by atoms with van der Waals surface area (Å²) in [6, 6.07) is 7.85. The van der Waals surface area contributed by atoms with E-state index in [2.05, 4.69) is 15.1 Å². The molecule has 0 bridgehead atoms. The number of carboxylic acid groups (broad SMARTS) is 1. The molecule has 124 valence electrons. The summed E-state index contributed by atoms with van der Waals surface area (Å²) in [6.07, 6.45) is 0.506. The first-order valence-electron chi connectivity index (χ1n) is 7.87. The van der Waals surface area contributed by atoms with Gasteiger partial charge in [-0.15, -0.1) is 0 Å². The smallest absolute Gasteiger partial charge is 0.407 e. The quantitative estimate of drug-likeness (QED) is 0.776. The molecule has 1 aliphatic heterocycles. The number of hydrogen-bond acceptors (Lipinski definition) is 5. The Kier molecular flexibility index (Phi) is 3.44. The zero-order valence-corrected chi connectivity index (χ0v) is 13.2. The Balaban J connectivity index is 1.58. The topological polar surface area (TPSA) is 97.3 Å². The molecule has 24 heavy (non-hydrogen) atoms. The molecule has 4 rings (SSSR count). The van der Waals surface area contributed by atoms with Gasteiger partial charge in [0.25, 0.3) is 0 Å². The minimum atomic E-state index is -0.876. The third kappa shape index (κ3) is 2.40. The van der Waals surface area contributed by atoms with Crippen LogP contribution in [-0.4, -0.2) is 48.9 Å². The molecule has 3 aromatic rings. The highest BCUT2D eigenvalue weighted by molar-refractivity contribution is 5.79. The predicted molar refractivity (Wildman–Crippen MR) is 85.6 cm³/mol. The number of para-hydroxylation sites is 2. The van der Waals surface area contributed by atoms with Gasteiger partial charge in [-0.3, -0.25) is 0 Å². The van der Waals surface area contributed by atoms with Crippen LogP contribution in [0.25, 0.3) is 22.7 Å². The third-order valence-corrected chi connectivity index (χ3v) is 4.54. The molecule has 0 saturated carbocycles. The summed E-state index contributed by atoms with van der Waals surface area (Å²) in [5.74, 6) is 1.78. The van der Waals surface area contributed by atoms with Crippen molar-refractivity contribution in [2.75, 3.05) is 13.1 Å². The number of fused-ring (bicyclic) bond motifs is 1. The average Bonchev–Trinajstić information content (AvgIpc) is 3.20. The maximum atomic E-state index is 11.0. The summed E-state index contributed by atoms with van der Waals surface area (Å²) >= 11 is 0. The predicted octanol–water partition coefficient (Wildman–Crippen LogP) is 2.48. The maximum absolute atomic E-state index is 11.0. The molecular formula is C16H17N5O3. The fraction of sp³-hybridized carbons (Fsp3) is 0.375. The van der Waals surface area contributed by atoms with E-state index in [1.54, 1.807) is 0 Å². The lowest BCUT2D eigenvalue weighted by molar-refractivity contribution is 0.128. The molecule has 0 spiro atoms. The molecular weight excluding hydrogens is 310 g/mol. The van der Waals surface area contributed by atoms with Gasteiger partial charge in [-0.25, -0.2) is 9.78 Å². The van der Waals surface area contributed by atoms with Gasteiger partial charge in [-0.05, 0) is 25.0 Å². The normalized spacial score (nSPS) is 16.0. The van der Waals surface area contributed by atoms with Crippen LogP contribution in [0.2, 0.25) is 0 Å². The van der Waals surface area contributed by atoms with Crippen molar-refractivity contribution < 1.29 is 14.4 Å². The van der Waals surface area contributed by atoms with Crippen LogP contribution < -0.4 is 0 Å². The number of piperidine rings is 1. The van der Waals surface area contributed by atoms with Gasteiger partial charge < -0.3 is 19.1 Å². The lowest BCUT2D eigenvalue weighted by Gasteiger charge is -2.27. The molecule has 3 heterocycles. The SMILES string of the molecule is Cn1c(-c2noc(C3CCN(C(=O)O)CC3)n2)nc2ccccc21. The van der Waals surface area contributed by atoms with Gasteiger partial charge >= 0.3 is 6.09 Å². The van der Waals surface area contributed by atoms with E-state index in [0.717, 1.165) is 11.0 Å².